The van der Waals surface area contributed by atoms with E-state index in [4.69, 9.17) is 4.74 Å². The number of aryl methyl sites for hydroxylation is 2. The first-order chi connectivity index (χ1) is 12.7. The minimum Gasteiger partial charge on any atom is -0.379 e. The molecular weight excluding hydrogens is 330 g/mol. The largest absolute Gasteiger partial charge is 0.379 e. The Morgan fingerprint density at radius 2 is 2.08 bits per heavy atom. The molecule has 7 nitrogen and oxygen atoms in total. The molecule has 7 heteroatoms. The van der Waals surface area contributed by atoms with E-state index in [-0.39, 0.29) is 11.9 Å². The highest BCUT2D eigenvalue weighted by Gasteiger charge is 2.31. The van der Waals surface area contributed by atoms with Gasteiger partial charge in [-0.1, -0.05) is 0 Å². The van der Waals surface area contributed by atoms with Gasteiger partial charge < -0.3 is 9.64 Å². The third-order valence-electron chi connectivity index (χ3n) is 5.22. The Kier molecular flexibility index (Phi) is 4.99. The fourth-order valence-corrected chi connectivity index (χ4v) is 3.74. The molecule has 0 saturated carbocycles. The molecule has 2 aromatic heterocycles. The maximum absolute atomic E-state index is 13.3. The number of fused-ring (bicyclic) bond motifs is 1. The highest BCUT2D eigenvalue weighted by atomic mass is 16.5. The molecule has 4 rings (SSSR count). The first-order valence-corrected chi connectivity index (χ1v) is 9.25. The zero-order valence-corrected chi connectivity index (χ0v) is 15.2. The second-order valence-electron chi connectivity index (χ2n) is 7.05. The number of aromatic nitrogens is 3. The van der Waals surface area contributed by atoms with Gasteiger partial charge in [-0.05, 0) is 37.1 Å². The van der Waals surface area contributed by atoms with Gasteiger partial charge in [0.25, 0.3) is 5.91 Å². The summed E-state index contributed by atoms with van der Waals surface area (Å²) in [5.41, 5.74) is 2.65. The topological polar surface area (TPSA) is 63.5 Å². The molecule has 0 unspecified atom stereocenters. The summed E-state index contributed by atoms with van der Waals surface area (Å²) in [4.78, 5) is 22.0. The minimum absolute atomic E-state index is 0.00149. The van der Waals surface area contributed by atoms with Gasteiger partial charge in [-0.2, -0.15) is 5.10 Å². The van der Waals surface area contributed by atoms with Crippen LogP contribution in [0.1, 0.15) is 28.2 Å². The molecule has 1 atom stereocenters. The van der Waals surface area contributed by atoms with Gasteiger partial charge in [-0.3, -0.25) is 19.4 Å². The molecule has 0 radical (unpaired) electrons. The normalized spacial score (nSPS) is 21.3. The number of rotatable bonds is 3. The number of hydrogen-bond acceptors (Lipinski definition) is 5. The Labute approximate surface area is 153 Å². The molecule has 1 saturated heterocycles. The maximum atomic E-state index is 13.3. The summed E-state index contributed by atoms with van der Waals surface area (Å²) in [7, 11) is 0. The number of carbonyl (C=O) groups excluding carboxylic acids is 1. The predicted octanol–water partition coefficient (Wildman–Crippen LogP) is 1.33. The van der Waals surface area contributed by atoms with Crippen molar-refractivity contribution in [2.24, 2.45) is 0 Å². The Morgan fingerprint density at radius 3 is 2.88 bits per heavy atom. The molecule has 0 N–H and O–H groups in total. The number of hydrogen-bond donors (Lipinski definition) is 0. The van der Waals surface area contributed by atoms with Crippen LogP contribution in [-0.2, 0) is 17.8 Å². The first-order valence-electron chi connectivity index (χ1n) is 9.25. The van der Waals surface area contributed by atoms with E-state index in [1.54, 1.807) is 6.20 Å². The van der Waals surface area contributed by atoms with E-state index in [2.05, 4.69) is 15.0 Å². The van der Waals surface area contributed by atoms with Crippen molar-refractivity contribution in [2.45, 2.75) is 32.5 Å². The molecule has 0 aliphatic carbocycles. The van der Waals surface area contributed by atoms with Crippen LogP contribution in [0, 0.1) is 6.92 Å². The first kappa shape index (κ1) is 17.2. The number of amides is 1. The number of pyridine rings is 1. The van der Waals surface area contributed by atoms with E-state index in [1.165, 1.54) is 0 Å². The van der Waals surface area contributed by atoms with E-state index in [9.17, 15) is 4.79 Å². The van der Waals surface area contributed by atoms with Gasteiger partial charge in [-0.25, -0.2) is 0 Å². The van der Waals surface area contributed by atoms with Crippen molar-refractivity contribution in [1.82, 2.24) is 24.6 Å². The van der Waals surface area contributed by atoms with Crippen LogP contribution >= 0.6 is 0 Å². The molecule has 138 valence electrons. The Hall–Kier alpha value is -2.25. The quantitative estimate of drug-likeness (QED) is 0.831. The van der Waals surface area contributed by atoms with Crippen molar-refractivity contribution >= 4 is 5.91 Å². The number of morpholine rings is 1. The molecule has 1 fully saturated rings. The van der Waals surface area contributed by atoms with Gasteiger partial charge in [0.1, 0.15) is 5.69 Å². The molecule has 2 aromatic rings. The third kappa shape index (κ3) is 3.64. The highest BCUT2D eigenvalue weighted by molar-refractivity contribution is 5.92. The van der Waals surface area contributed by atoms with Gasteiger partial charge >= 0.3 is 0 Å². The van der Waals surface area contributed by atoms with E-state index >= 15 is 0 Å². The zero-order valence-electron chi connectivity index (χ0n) is 15.2. The smallest absolute Gasteiger partial charge is 0.273 e. The van der Waals surface area contributed by atoms with E-state index in [1.807, 2.05) is 40.9 Å². The highest BCUT2D eigenvalue weighted by Crippen LogP contribution is 2.21. The van der Waals surface area contributed by atoms with Crippen LogP contribution in [0.5, 0.6) is 0 Å². The lowest BCUT2D eigenvalue weighted by atomic mass is 10.1. The van der Waals surface area contributed by atoms with Crippen LogP contribution in [0.2, 0.25) is 0 Å². The lowest BCUT2D eigenvalue weighted by Gasteiger charge is -2.35. The summed E-state index contributed by atoms with van der Waals surface area (Å²) >= 11 is 0. The molecule has 0 spiro atoms. The number of carbonyl (C=O) groups is 1. The van der Waals surface area contributed by atoms with Gasteiger partial charge in [0.2, 0.25) is 0 Å². The van der Waals surface area contributed by atoms with Gasteiger partial charge in [0, 0.05) is 44.6 Å². The standard InChI is InChI=1S/C19H25N5O2/c1-15-2-5-20-18(12-15)19(25)23-14-17-3-6-21-24(17)7-4-16(23)13-22-8-10-26-11-9-22/h2-3,5-6,12,16H,4,7-11,13-14H2,1H3/t16-/m0/s1. The van der Waals surface area contributed by atoms with Crippen molar-refractivity contribution in [1.29, 1.82) is 0 Å². The van der Waals surface area contributed by atoms with Crippen molar-refractivity contribution in [3.8, 4) is 0 Å². The van der Waals surface area contributed by atoms with Crippen LogP contribution in [0.15, 0.2) is 30.6 Å². The van der Waals surface area contributed by atoms with Gasteiger partial charge in [0.15, 0.2) is 0 Å². The fourth-order valence-electron chi connectivity index (χ4n) is 3.74. The van der Waals surface area contributed by atoms with Crippen LogP contribution in [0.3, 0.4) is 0 Å². The van der Waals surface area contributed by atoms with Crippen molar-refractivity contribution in [3.05, 3.63) is 47.5 Å². The summed E-state index contributed by atoms with van der Waals surface area (Å²) in [5, 5.41) is 4.41. The van der Waals surface area contributed by atoms with Crippen molar-refractivity contribution in [2.75, 3.05) is 32.8 Å². The number of nitrogens with zero attached hydrogens (tertiary/aromatic N) is 5. The van der Waals surface area contributed by atoms with Crippen LogP contribution in [0.25, 0.3) is 0 Å². The van der Waals surface area contributed by atoms with Crippen LogP contribution in [-0.4, -0.2) is 69.4 Å². The number of ether oxygens (including phenoxy) is 1. The molecule has 4 heterocycles. The van der Waals surface area contributed by atoms with Gasteiger partial charge in [0.05, 0.1) is 25.5 Å². The monoisotopic (exact) mass is 355 g/mol. The van der Waals surface area contributed by atoms with E-state index in [0.717, 1.165) is 57.1 Å². The second-order valence-corrected chi connectivity index (χ2v) is 7.05. The van der Waals surface area contributed by atoms with E-state index in [0.29, 0.717) is 12.2 Å². The summed E-state index contributed by atoms with van der Waals surface area (Å²) < 4.78 is 7.48. The van der Waals surface area contributed by atoms with Crippen molar-refractivity contribution in [3.63, 3.8) is 0 Å². The summed E-state index contributed by atoms with van der Waals surface area (Å²) in [6.07, 6.45) is 4.41. The molecule has 0 bridgehead atoms. The van der Waals surface area contributed by atoms with Crippen molar-refractivity contribution < 1.29 is 9.53 Å². The summed E-state index contributed by atoms with van der Waals surface area (Å²) in [6, 6.07) is 5.93. The Bertz CT molecular complexity index is 769. The average molecular weight is 355 g/mol. The molecule has 2 aliphatic rings. The van der Waals surface area contributed by atoms with Crippen LogP contribution in [0.4, 0.5) is 0 Å². The minimum atomic E-state index is 0.00149. The molecule has 2 aliphatic heterocycles. The predicted molar refractivity (Wildman–Crippen MR) is 96.7 cm³/mol. The van der Waals surface area contributed by atoms with Crippen LogP contribution < -0.4 is 0 Å². The molecule has 0 aromatic carbocycles. The summed E-state index contributed by atoms with van der Waals surface area (Å²) in [6.45, 7) is 7.64. The molecule has 1 amide bonds. The van der Waals surface area contributed by atoms with Gasteiger partial charge in [-0.15, -0.1) is 0 Å². The maximum Gasteiger partial charge on any atom is 0.273 e. The second kappa shape index (κ2) is 7.55. The average Bonchev–Trinajstić information content (AvgIpc) is 3.04. The third-order valence-corrected chi connectivity index (χ3v) is 5.22. The lowest BCUT2D eigenvalue weighted by Crippen LogP contribution is -2.49. The molecular formula is C19H25N5O2. The SMILES string of the molecule is Cc1ccnc(C(=O)N2Cc3ccnn3CC[C@H]2CN2CCOCC2)c1. The fraction of sp³-hybridized carbons (Fsp3) is 0.526. The lowest BCUT2D eigenvalue weighted by molar-refractivity contribution is 0.0201. The van der Waals surface area contributed by atoms with E-state index < -0.39 is 0 Å². The molecule has 26 heavy (non-hydrogen) atoms. The zero-order chi connectivity index (χ0) is 17.9. The Morgan fingerprint density at radius 1 is 1.23 bits per heavy atom. The Balaban J connectivity index is 1.59. The summed E-state index contributed by atoms with van der Waals surface area (Å²) in [5.74, 6) is 0.00149.